The Morgan fingerprint density at radius 1 is 1.35 bits per heavy atom. The first-order chi connectivity index (χ1) is 12.7. The van der Waals surface area contributed by atoms with Gasteiger partial charge in [-0.1, -0.05) is 6.42 Å². The van der Waals surface area contributed by atoms with Gasteiger partial charge in [0.15, 0.2) is 5.82 Å². The van der Waals surface area contributed by atoms with Gasteiger partial charge in [0.2, 0.25) is 5.91 Å². The maximum atomic E-state index is 12.2. The number of nitrogens with one attached hydrogen (secondary N) is 3. The Morgan fingerprint density at radius 2 is 2.15 bits per heavy atom. The van der Waals surface area contributed by atoms with Crippen molar-refractivity contribution in [1.82, 2.24) is 20.4 Å². The van der Waals surface area contributed by atoms with E-state index in [2.05, 4.69) is 37.9 Å². The predicted molar refractivity (Wildman–Crippen MR) is 101 cm³/mol. The first-order valence-corrected chi connectivity index (χ1v) is 9.88. The van der Waals surface area contributed by atoms with Gasteiger partial charge in [-0.2, -0.15) is 5.10 Å². The molecule has 0 bridgehead atoms. The molecule has 0 aromatic carbocycles. The van der Waals surface area contributed by atoms with Crippen LogP contribution in [0, 0.1) is 0 Å². The number of thiophene rings is 1. The molecule has 4 rings (SSSR count). The van der Waals surface area contributed by atoms with Gasteiger partial charge in [-0.05, 0) is 38.1 Å². The molecule has 2 amide bonds. The summed E-state index contributed by atoms with van der Waals surface area (Å²) in [5.74, 6) is 0.0502. The van der Waals surface area contributed by atoms with E-state index in [1.165, 1.54) is 24.1 Å². The van der Waals surface area contributed by atoms with Crippen LogP contribution in [0.15, 0.2) is 12.1 Å². The van der Waals surface area contributed by atoms with Gasteiger partial charge in [-0.25, -0.2) is 0 Å². The summed E-state index contributed by atoms with van der Waals surface area (Å²) in [6.07, 6.45) is 4.21. The Morgan fingerprint density at radius 3 is 2.92 bits per heavy atom. The van der Waals surface area contributed by atoms with Gasteiger partial charge in [0.1, 0.15) is 5.69 Å². The van der Waals surface area contributed by atoms with Crippen molar-refractivity contribution in [2.45, 2.75) is 38.1 Å². The summed E-state index contributed by atoms with van der Waals surface area (Å²) in [4.78, 5) is 29.2. The number of aromatic amines is 1. The molecule has 0 aliphatic carbocycles. The number of H-pyrrole nitrogens is 1. The van der Waals surface area contributed by atoms with E-state index in [9.17, 15) is 9.59 Å². The molecule has 7 nitrogen and oxygen atoms in total. The number of fused-ring (bicyclic) bond motifs is 1. The molecule has 26 heavy (non-hydrogen) atoms. The van der Waals surface area contributed by atoms with E-state index < -0.39 is 0 Å². The van der Waals surface area contributed by atoms with Crippen LogP contribution >= 0.6 is 11.3 Å². The Labute approximate surface area is 156 Å². The van der Waals surface area contributed by atoms with E-state index >= 15 is 0 Å². The van der Waals surface area contributed by atoms with Crippen LogP contribution in [-0.2, 0) is 11.3 Å². The molecule has 2 aliphatic heterocycles. The molecule has 8 heteroatoms. The predicted octanol–water partition coefficient (Wildman–Crippen LogP) is 2.29. The second-order valence-corrected chi connectivity index (χ2v) is 8.09. The molecular formula is C18H23N5O2S. The molecule has 2 aromatic heterocycles. The van der Waals surface area contributed by atoms with Crippen LogP contribution in [0.3, 0.4) is 0 Å². The Bertz CT molecular complexity index is 821. The van der Waals surface area contributed by atoms with Crippen LogP contribution in [0.5, 0.6) is 0 Å². The minimum atomic E-state index is -0.218. The topological polar surface area (TPSA) is 90.1 Å². The zero-order valence-electron chi connectivity index (χ0n) is 14.8. The number of anilines is 1. The highest BCUT2D eigenvalue weighted by Gasteiger charge is 2.34. The average molecular weight is 373 g/mol. The molecule has 4 heterocycles. The Kier molecular flexibility index (Phi) is 4.78. The van der Waals surface area contributed by atoms with E-state index in [-0.39, 0.29) is 17.7 Å². The van der Waals surface area contributed by atoms with Gasteiger partial charge in [0.25, 0.3) is 5.91 Å². The summed E-state index contributed by atoms with van der Waals surface area (Å²) < 4.78 is 0. The maximum absolute atomic E-state index is 12.2. The van der Waals surface area contributed by atoms with Crippen LogP contribution in [-0.4, -0.2) is 47.0 Å². The monoisotopic (exact) mass is 373 g/mol. The van der Waals surface area contributed by atoms with Crippen LogP contribution in [0.2, 0.25) is 0 Å². The van der Waals surface area contributed by atoms with Crippen LogP contribution in [0.4, 0.5) is 5.82 Å². The van der Waals surface area contributed by atoms with E-state index in [4.69, 9.17) is 0 Å². The third-order valence-corrected chi connectivity index (χ3v) is 6.29. The van der Waals surface area contributed by atoms with Crippen molar-refractivity contribution in [2.24, 2.45) is 0 Å². The third-order valence-electron chi connectivity index (χ3n) is 5.11. The summed E-state index contributed by atoms with van der Waals surface area (Å²) in [7, 11) is 1.59. The molecule has 0 saturated carbocycles. The minimum absolute atomic E-state index is 0.0663. The fourth-order valence-corrected chi connectivity index (χ4v) is 4.97. The average Bonchev–Trinajstić information content (AvgIpc) is 3.28. The number of likely N-dealkylation sites (tertiary alicyclic amines) is 1. The molecule has 0 radical (unpaired) electrons. The van der Waals surface area contributed by atoms with Gasteiger partial charge in [0.05, 0.1) is 0 Å². The number of rotatable bonds is 4. The standard InChI is InChI=1S/C18H23N5O2S/c1-19-18(25)16-15-12(9-14(24)20-17(15)22-21-16)13-6-5-11(26-13)10-23-7-3-2-4-8-23/h5-6,12H,2-4,7-10H2,1H3,(H,19,25)(H2,20,21,22,24). The molecular weight excluding hydrogens is 350 g/mol. The zero-order chi connectivity index (χ0) is 18.1. The van der Waals surface area contributed by atoms with Gasteiger partial charge in [0, 0.05) is 41.2 Å². The number of carbonyl (C=O) groups excluding carboxylic acids is 2. The van der Waals surface area contributed by atoms with Gasteiger partial charge >= 0.3 is 0 Å². The molecule has 138 valence electrons. The lowest BCUT2D eigenvalue weighted by Gasteiger charge is -2.25. The van der Waals surface area contributed by atoms with E-state index in [0.29, 0.717) is 17.9 Å². The van der Waals surface area contributed by atoms with Crippen molar-refractivity contribution >= 4 is 29.0 Å². The second-order valence-electron chi connectivity index (χ2n) is 6.89. The van der Waals surface area contributed by atoms with Crippen molar-refractivity contribution < 1.29 is 9.59 Å². The first kappa shape index (κ1) is 17.2. The highest BCUT2D eigenvalue weighted by molar-refractivity contribution is 7.12. The zero-order valence-corrected chi connectivity index (χ0v) is 15.6. The van der Waals surface area contributed by atoms with Gasteiger partial charge in [-0.3, -0.25) is 19.6 Å². The lowest BCUT2D eigenvalue weighted by atomic mass is 9.90. The smallest absolute Gasteiger partial charge is 0.269 e. The molecule has 2 aliphatic rings. The first-order valence-electron chi connectivity index (χ1n) is 9.07. The summed E-state index contributed by atoms with van der Waals surface area (Å²) in [6.45, 7) is 3.28. The van der Waals surface area contributed by atoms with Crippen LogP contribution < -0.4 is 10.6 Å². The van der Waals surface area contributed by atoms with Crippen molar-refractivity contribution in [1.29, 1.82) is 0 Å². The third kappa shape index (κ3) is 3.26. The summed E-state index contributed by atoms with van der Waals surface area (Å²) in [6, 6.07) is 4.25. The number of piperidine rings is 1. The molecule has 1 saturated heterocycles. The van der Waals surface area contributed by atoms with Gasteiger partial charge < -0.3 is 10.6 Å². The number of hydrogen-bond acceptors (Lipinski definition) is 5. The number of hydrogen-bond donors (Lipinski definition) is 3. The fraction of sp³-hybridized carbons (Fsp3) is 0.500. The second kappa shape index (κ2) is 7.20. The molecule has 1 atom stereocenters. The molecule has 1 unspecified atom stereocenters. The lowest BCUT2D eigenvalue weighted by molar-refractivity contribution is -0.116. The van der Waals surface area contributed by atoms with E-state index in [0.717, 1.165) is 30.1 Å². The van der Waals surface area contributed by atoms with Crippen molar-refractivity contribution in [3.63, 3.8) is 0 Å². The minimum Gasteiger partial charge on any atom is -0.354 e. The molecule has 3 N–H and O–H groups in total. The maximum Gasteiger partial charge on any atom is 0.269 e. The normalized spacial score (nSPS) is 20.5. The van der Waals surface area contributed by atoms with Crippen molar-refractivity contribution in [3.05, 3.63) is 33.1 Å². The SMILES string of the molecule is CNC(=O)c1[nH]nc2c1C(c1ccc(CN3CCCCC3)s1)CC(=O)N2. The van der Waals surface area contributed by atoms with Crippen LogP contribution in [0.1, 0.15) is 57.4 Å². The quantitative estimate of drug-likeness (QED) is 0.767. The number of carbonyl (C=O) groups is 2. The lowest BCUT2D eigenvalue weighted by Crippen LogP contribution is -2.28. The molecule has 0 spiro atoms. The molecule has 2 aromatic rings. The van der Waals surface area contributed by atoms with E-state index in [1.54, 1.807) is 18.4 Å². The largest absolute Gasteiger partial charge is 0.354 e. The number of nitrogens with zero attached hydrogens (tertiary/aromatic N) is 2. The Hall–Kier alpha value is -2.19. The van der Waals surface area contributed by atoms with Crippen molar-refractivity contribution in [3.8, 4) is 0 Å². The van der Waals surface area contributed by atoms with E-state index in [1.807, 2.05) is 0 Å². The molecule has 1 fully saturated rings. The number of amides is 2. The summed E-state index contributed by atoms with van der Waals surface area (Å²) in [5, 5.41) is 12.3. The fourth-order valence-electron chi connectivity index (χ4n) is 3.80. The van der Waals surface area contributed by atoms with Gasteiger partial charge in [-0.15, -0.1) is 11.3 Å². The summed E-state index contributed by atoms with van der Waals surface area (Å²) >= 11 is 1.74. The highest BCUT2D eigenvalue weighted by Crippen LogP contribution is 2.41. The highest BCUT2D eigenvalue weighted by atomic mass is 32.1. The van der Waals surface area contributed by atoms with Crippen molar-refractivity contribution in [2.75, 3.05) is 25.5 Å². The summed E-state index contributed by atoms with van der Waals surface area (Å²) in [5.41, 5.74) is 1.22. The Balaban J connectivity index is 1.61. The number of aromatic nitrogens is 2. The van der Waals surface area contributed by atoms with Crippen LogP contribution in [0.25, 0.3) is 0 Å².